The zero-order valence-corrected chi connectivity index (χ0v) is 10.4. The van der Waals surface area contributed by atoms with Crippen molar-refractivity contribution < 1.29 is 4.39 Å². The Balaban J connectivity index is 2.14. The van der Waals surface area contributed by atoms with E-state index >= 15 is 0 Å². The van der Waals surface area contributed by atoms with Crippen molar-refractivity contribution in [3.63, 3.8) is 0 Å². The highest BCUT2D eigenvalue weighted by Gasteiger charge is 2.03. The van der Waals surface area contributed by atoms with Crippen LogP contribution in [0.5, 0.6) is 0 Å². The molecule has 2 rings (SSSR count). The van der Waals surface area contributed by atoms with Crippen LogP contribution in [0.4, 0.5) is 10.1 Å². The first-order chi connectivity index (χ1) is 8.66. The van der Waals surface area contributed by atoms with Gasteiger partial charge in [0, 0.05) is 11.3 Å². The van der Waals surface area contributed by atoms with Crippen molar-refractivity contribution in [3.8, 4) is 0 Å². The average Bonchev–Trinajstić information content (AvgIpc) is 2.38. The van der Waals surface area contributed by atoms with Gasteiger partial charge in [0.05, 0.1) is 6.54 Å². The van der Waals surface area contributed by atoms with Gasteiger partial charge in [-0.1, -0.05) is 35.9 Å². The molecule has 2 nitrogen and oxygen atoms in total. The molecule has 2 N–H and O–H groups in total. The van der Waals surface area contributed by atoms with Crippen LogP contribution in [-0.2, 0) is 6.54 Å². The molecular formula is C14H12ClFN2. The van der Waals surface area contributed by atoms with Crippen LogP contribution in [0.15, 0.2) is 53.5 Å². The quantitative estimate of drug-likeness (QED) is 0.666. The maximum atomic E-state index is 12.7. The molecule has 0 amide bonds. The molecule has 0 aromatic heterocycles. The minimum Gasteiger partial charge on any atom is -0.398 e. The topological polar surface area (TPSA) is 38.4 Å². The third-order valence-corrected chi connectivity index (χ3v) is 2.82. The zero-order chi connectivity index (χ0) is 13.0. The van der Waals surface area contributed by atoms with Gasteiger partial charge in [0.1, 0.15) is 11.0 Å². The number of para-hydroxylation sites is 1. The minimum absolute atomic E-state index is 0.263. The van der Waals surface area contributed by atoms with E-state index in [-0.39, 0.29) is 5.82 Å². The fraction of sp³-hybridized carbons (Fsp3) is 0.0714. The smallest absolute Gasteiger partial charge is 0.133 e. The van der Waals surface area contributed by atoms with Gasteiger partial charge >= 0.3 is 0 Å². The van der Waals surface area contributed by atoms with E-state index in [1.807, 2.05) is 18.2 Å². The van der Waals surface area contributed by atoms with Gasteiger partial charge in [-0.25, -0.2) is 4.39 Å². The summed E-state index contributed by atoms with van der Waals surface area (Å²) in [6.45, 7) is 0.396. The van der Waals surface area contributed by atoms with Crippen LogP contribution in [0.1, 0.15) is 11.1 Å². The summed E-state index contributed by atoms with van der Waals surface area (Å²) in [6.07, 6.45) is 0. The largest absolute Gasteiger partial charge is 0.398 e. The van der Waals surface area contributed by atoms with Crippen molar-refractivity contribution in [2.45, 2.75) is 6.54 Å². The number of hydrogen-bond donors (Lipinski definition) is 1. The Labute approximate surface area is 110 Å². The summed E-state index contributed by atoms with van der Waals surface area (Å²) in [4.78, 5) is 4.23. The predicted molar refractivity (Wildman–Crippen MR) is 73.3 cm³/mol. The lowest BCUT2D eigenvalue weighted by Crippen LogP contribution is -1.98. The Morgan fingerprint density at radius 1 is 1.11 bits per heavy atom. The number of nitrogens with zero attached hydrogens (tertiary/aromatic N) is 1. The fourth-order valence-corrected chi connectivity index (χ4v) is 1.75. The summed E-state index contributed by atoms with van der Waals surface area (Å²) in [5, 5.41) is 0.359. The molecule has 0 radical (unpaired) electrons. The summed E-state index contributed by atoms with van der Waals surface area (Å²) >= 11 is 6.09. The van der Waals surface area contributed by atoms with Gasteiger partial charge in [-0.3, -0.25) is 4.99 Å². The average molecular weight is 263 g/mol. The highest BCUT2D eigenvalue weighted by Crippen LogP contribution is 2.15. The van der Waals surface area contributed by atoms with Crippen LogP contribution < -0.4 is 5.73 Å². The third kappa shape index (κ3) is 3.08. The molecule has 0 fully saturated rings. The lowest BCUT2D eigenvalue weighted by atomic mass is 10.2. The molecule has 0 bridgehead atoms. The highest BCUT2D eigenvalue weighted by molar-refractivity contribution is 6.70. The van der Waals surface area contributed by atoms with Gasteiger partial charge in [-0.2, -0.15) is 0 Å². The van der Waals surface area contributed by atoms with Crippen LogP contribution in [0.25, 0.3) is 0 Å². The summed E-state index contributed by atoms with van der Waals surface area (Å²) in [5.74, 6) is -0.263. The van der Waals surface area contributed by atoms with Crippen molar-refractivity contribution in [3.05, 3.63) is 65.5 Å². The molecule has 4 heteroatoms. The number of aliphatic imine (C=N–C) groups is 1. The van der Waals surface area contributed by atoms with E-state index in [9.17, 15) is 4.39 Å². The Morgan fingerprint density at radius 3 is 2.44 bits per heavy atom. The highest BCUT2D eigenvalue weighted by atomic mass is 35.5. The molecule has 2 aromatic carbocycles. The third-order valence-electron chi connectivity index (χ3n) is 2.50. The molecule has 0 atom stereocenters. The van der Waals surface area contributed by atoms with Crippen LogP contribution >= 0.6 is 11.6 Å². The van der Waals surface area contributed by atoms with E-state index in [1.54, 1.807) is 18.2 Å². The summed E-state index contributed by atoms with van der Waals surface area (Å²) in [5.41, 5.74) is 7.99. The van der Waals surface area contributed by atoms with E-state index in [1.165, 1.54) is 12.1 Å². The Hall–Kier alpha value is -1.87. The lowest BCUT2D eigenvalue weighted by molar-refractivity contribution is 0.627. The lowest BCUT2D eigenvalue weighted by Gasteiger charge is -2.03. The fourth-order valence-electron chi connectivity index (χ4n) is 1.52. The molecule has 0 heterocycles. The van der Waals surface area contributed by atoms with Crippen molar-refractivity contribution in [2.75, 3.05) is 5.73 Å². The van der Waals surface area contributed by atoms with Crippen LogP contribution in [0, 0.1) is 5.82 Å². The SMILES string of the molecule is Nc1ccccc1C(Cl)=NCc1ccc(F)cc1. The van der Waals surface area contributed by atoms with E-state index in [4.69, 9.17) is 17.3 Å². The molecule has 0 spiro atoms. The molecule has 92 valence electrons. The molecule has 0 aliphatic heterocycles. The van der Waals surface area contributed by atoms with E-state index in [0.717, 1.165) is 5.56 Å². The Morgan fingerprint density at radius 2 is 1.78 bits per heavy atom. The van der Waals surface area contributed by atoms with Gasteiger partial charge in [-0.15, -0.1) is 0 Å². The second-order valence-electron chi connectivity index (χ2n) is 3.82. The number of nitrogen functional groups attached to an aromatic ring is 1. The predicted octanol–water partition coefficient (Wildman–Crippen LogP) is 3.59. The molecule has 0 aliphatic carbocycles. The van der Waals surface area contributed by atoms with Crippen molar-refractivity contribution >= 4 is 22.5 Å². The molecule has 0 saturated carbocycles. The van der Waals surface area contributed by atoms with Crippen molar-refractivity contribution in [1.82, 2.24) is 0 Å². The van der Waals surface area contributed by atoms with E-state index < -0.39 is 0 Å². The first kappa shape index (κ1) is 12.6. The Bertz CT molecular complexity index is 564. The van der Waals surface area contributed by atoms with Gasteiger partial charge in [0.2, 0.25) is 0 Å². The van der Waals surface area contributed by atoms with Crippen molar-refractivity contribution in [2.24, 2.45) is 4.99 Å². The second-order valence-corrected chi connectivity index (χ2v) is 4.18. The number of nitrogens with two attached hydrogens (primary N) is 1. The summed E-state index contributed by atoms with van der Waals surface area (Å²) < 4.78 is 12.7. The normalized spacial score (nSPS) is 11.6. The van der Waals surface area contributed by atoms with Crippen molar-refractivity contribution in [1.29, 1.82) is 0 Å². The molecule has 2 aromatic rings. The summed E-state index contributed by atoms with van der Waals surface area (Å²) in [7, 11) is 0. The molecule has 18 heavy (non-hydrogen) atoms. The first-order valence-corrected chi connectivity index (χ1v) is 5.84. The van der Waals surface area contributed by atoms with Gasteiger partial charge in [0.15, 0.2) is 0 Å². The van der Waals surface area contributed by atoms with Gasteiger partial charge in [0.25, 0.3) is 0 Å². The standard InChI is InChI=1S/C14H12ClFN2/c15-14(12-3-1-2-4-13(12)17)18-9-10-5-7-11(16)8-6-10/h1-8H,9,17H2. The maximum Gasteiger partial charge on any atom is 0.133 e. The maximum absolute atomic E-state index is 12.7. The van der Waals surface area contributed by atoms with Gasteiger partial charge < -0.3 is 5.73 Å². The monoisotopic (exact) mass is 262 g/mol. The molecule has 0 saturated heterocycles. The second kappa shape index (κ2) is 5.65. The van der Waals surface area contributed by atoms with E-state index in [0.29, 0.717) is 23.0 Å². The van der Waals surface area contributed by atoms with Crippen LogP contribution in [0.2, 0.25) is 0 Å². The van der Waals surface area contributed by atoms with Gasteiger partial charge in [-0.05, 0) is 29.8 Å². The first-order valence-electron chi connectivity index (χ1n) is 5.46. The Kier molecular flexibility index (Phi) is 3.95. The summed E-state index contributed by atoms with van der Waals surface area (Å²) in [6, 6.07) is 13.4. The number of hydrogen-bond acceptors (Lipinski definition) is 2. The zero-order valence-electron chi connectivity index (χ0n) is 9.61. The van der Waals surface area contributed by atoms with Crippen LogP contribution in [-0.4, -0.2) is 5.17 Å². The van der Waals surface area contributed by atoms with E-state index in [2.05, 4.69) is 4.99 Å². The van der Waals surface area contributed by atoms with Crippen LogP contribution in [0.3, 0.4) is 0 Å². The number of halogens is 2. The molecule has 0 unspecified atom stereocenters. The number of benzene rings is 2. The minimum atomic E-state index is -0.263. The molecule has 0 aliphatic rings. The number of anilines is 1. The molecular weight excluding hydrogens is 251 g/mol. The number of rotatable bonds is 3.